The molecule has 0 heterocycles. The van der Waals surface area contributed by atoms with E-state index in [0.717, 1.165) is 21.2 Å². The van der Waals surface area contributed by atoms with Gasteiger partial charge < -0.3 is 20.7 Å². The number of carbonyl (C=O) groups is 4. The summed E-state index contributed by atoms with van der Waals surface area (Å²) in [5, 5.41) is 10.4. The van der Waals surface area contributed by atoms with Crippen LogP contribution in [-0.2, 0) is 14.3 Å². The van der Waals surface area contributed by atoms with Gasteiger partial charge in [0.05, 0.1) is 17.9 Å². The molecule has 5 aromatic rings. The molecule has 9 heteroatoms. The van der Waals surface area contributed by atoms with E-state index in [0.29, 0.717) is 29.1 Å². The summed E-state index contributed by atoms with van der Waals surface area (Å²) in [5.74, 6) is -1.34. The van der Waals surface area contributed by atoms with Crippen LogP contribution in [0.3, 0.4) is 0 Å². The molecule has 0 aliphatic carbocycles. The highest BCUT2D eigenvalue weighted by atomic mass is 32.2. The van der Waals surface area contributed by atoms with E-state index in [9.17, 15) is 19.2 Å². The third-order valence-corrected chi connectivity index (χ3v) is 7.83. The predicted molar refractivity (Wildman–Crippen MR) is 183 cm³/mol. The van der Waals surface area contributed by atoms with Crippen molar-refractivity contribution < 1.29 is 23.9 Å². The van der Waals surface area contributed by atoms with Crippen molar-refractivity contribution in [2.75, 3.05) is 23.0 Å². The summed E-state index contributed by atoms with van der Waals surface area (Å²) < 4.78 is 4.98. The Kier molecular flexibility index (Phi) is 10.6. The number of fused-ring (bicyclic) bond motifs is 1. The lowest BCUT2D eigenvalue weighted by molar-refractivity contribution is -0.114. The SMILES string of the molecule is CCOC(=O)c1ccc(NC(=O)CSc2ccc(NC(=O)/C(=C/c3cccc4ccccc34)NC(=O)c3ccccc3)cc2)cc1. The molecule has 0 bridgehead atoms. The van der Waals surface area contributed by atoms with Crippen molar-refractivity contribution in [3.8, 4) is 0 Å². The molecule has 0 spiro atoms. The van der Waals surface area contributed by atoms with Gasteiger partial charge in [-0.25, -0.2) is 4.79 Å². The Morgan fingerprint density at radius 3 is 2.09 bits per heavy atom. The van der Waals surface area contributed by atoms with E-state index in [2.05, 4.69) is 16.0 Å². The number of amides is 3. The molecule has 0 saturated carbocycles. The molecule has 3 amide bonds. The Hall–Kier alpha value is -5.67. The summed E-state index contributed by atoms with van der Waals surface area (Å²) in [7, 11) is 0. The number of thioether (sulfide) groups is 1. The molecule has 5 aromatic carbocycles. The summed E-state index contributed by atoms with van der Waals surface area (Å²) in [5.41, 5.74) is 2.82. The van der Waals surface area contributed by atoms with Crippen LogP contribution in [0, 0.1) is 0 Å². The second-order valence-corrected chi connectivity index (χ2v) is 11.1. The van der Waals surface area contributed by atoms with Gasteiger partial charge in [-0.05, 0) is 90.0 Å². The maximum Gasteiger partial charge on any atom is 0.338 e. The van der Waals surface area contributed by atoms with Crippen molar-refractivity contribution in [3.63, 3.8) is 0 Å². The zero-order valence-electron chi connectivity index (χ0n) is 25.0. The topological polar surface area (TPSA) is 114 Å². The highest BCUT2D eigenvalue weighted by Gasteiger charge is 2.16. The van der Waals surface area contributed by atoms with Crippen LogP contribution in [0.2, 0.25) is 0 Å². The number of esters is 1. The summed E-state index contributed by atoms with van der Waals surface area (Å²) in [4.78, 5) is 51.7. The summed E-state index contributed by atoms with van der Waals surface area (Å²) in [6.45, 7) is 2.03. The first-order valence-electron chi connectivity index (χ1n) is 14.6. The highest BCUT2D eigenvalue weighted by molar-refractivity contribution is 8.00. The third-order valence-electron chi connectivity index (χ3n) is 6.81. The highest BCUT2D eigenvalue weighted by Crippen LogP contribution is 2.23. The van der Waals surface area contributed by atoms with E-state index in [1.807, 2.05) is 48.5 Å². The molecular weight excluding hydrogens is 598 g/mol. The number of benzene rings is 5. The van der Waals surface area contributed by atoms with Crippen LogP contribution in [0.5, 0.6) is 0 Å². The van der Waals surface area contributed by atoms with Gasteiger partial charge in [0.2, 0.25) is 5.91 Å². The lowest BCUT2D eigenvalue weighted by Gasteiger charge is -2.12. The Labute approximate surface area is 270 Å². The molecule has 5 rings (SSSR count). The van der Waals surface area contributed by atoms with Crippen LogP contribution in [0.25, 0.3) is 16.8 Å². The summed E-state index contributed by atoms with van der Waals surface area (Å²) in [6, 6.07) is 35.9. The Morgan fingerprint density at radius 2 is 1.35 bits per heavy atom. The van der Waals surface area contributed by atoms with Gasteiger partial charge in [0, 0.05) is 21.8 Å². The fourth-order valence-corrected chi connectivity index (χ4v) is 5.26. The molecule has 0 aliphatic rings. The van der Waals surface area contributed by atoms with Gasteiger partial charge in [-0.15, -0.1) is 11.8 Å². The quantitative estimate of drug-likeness (QED) is 0.0812. The monoisotopic (exact) mass is 629 g/mol. The van der Waals surface area contributed by atoms with Gasteiger partial charge in [0.25, 0.3) is 11.8 Å². The first-order chi connectivity index (χ1) is 22.4. The smallest absolute Gasteiger partial charge is 0.338 e. The van der Waals surface area contributed by atoms with E-state index in [4.69, 9.17) is 4.74 Å². The molecule has 3 N–H and O–H groups in total. The zero-order valence-corrected chi connectivity index (χ0v) is 25.8. The minimum absolute atomic E-state index is 0.0932. The third kappa shape index (κ3) is 8.49. The van der Waals surface area contributed by atoms with E-state index in [1.54, 1.807) is 85.8 Å². The molecule has 230 valence electrons. The number of ether oxygens (including phenoxy) is 1. The van der Waals surface area contributed by atoms with Crippen LogP contribution in [0.15, 0.2) is 132 Å². The molecular formula is C37H31N3O5S. The van der Waals surface area contributed by atoms with Gasteiger partial charge in [-0.3, -0.25) is 14.4 Å². The van der Waals surface area contributed by atoms with Gasteiger partial charge in [0.1, 0.15) is 5.70 Å². The Bertz CT molecular complexity index is 1880. The molecule has 0 unspecified atom stereocenters. The fourth-order valence-electron chi connectivity index (χ4n) is 4.56. The summed E-state index contributed by atoms with van der Waals surface area (Å²) in [6.07, 6.45) is 1.67. The maximum absolute atomic E-state index is 13.5. The zero-order chi connectivity index (χ0) is 32.3. The molecule has 0 saturated heterocycles. The van der Waals surface area contributed by atoms with Crippen LogP contribution in [0.1, 0.15) is 33.2 Å². The Balaban J connectivity index is 1.23. The molecule has 0 aromatic heterocycles. The Morgan fingerprint density at radius 1 is 0.696 bits per heavy atom. The van der Waals surface area contributed by atoms with Crippen LogP contribution < -0.4 is 16.0 Å². The minimum Gasteiger partial charge on any atom is -0.462 e. The first-order valence-corrected chi connectivity index (χ1v) is 15.6. The van der Waals surface area contributed by atoms with Crippen molar-refractivity contribution in [2.24, 2.45) is 0 Å². The number of hydrogen-bond donors (Lipinski definition) is 3. The lowest BCUT2D eigenvalue weighted by atomic mass is 10.0. The average molecular weight is 630 g/mol. The normalized spacial score (nSPS) is 11.0. The van der Waals surface area contributed by atoms with E-state index >= 15 is 0 Å². The average Bonchev–Trinajstić information content (AvgIpc) is 3.08. The van der Waals surface area contributed by atoms with Gasteiger partial charge in [0.15, 0.2) is 0 Å². The number of anilines is 2. The molecule has 0 radical (unpaired) electrons. The minimum atomic E-state index is -0.481. The fraction of sp³-hybridized carbons (Fsp3) is 0.0811. The van der Waals surface area contributed by atoms with Crippen molar-refractivity contribution in [3.05, 3.63) is 144 Å². The van der Waals surface area contributed by atoms with E-state index < -0.39 is 17.8 Å². The van der Waals surface area contributed by atoms with Gasteiger partial charge >= 0.3 is 5.97 Å². The standard InChI is InChI=1S/C37H31N3O5S/c1-2-45-37(44)27-15-17-29(18-16-27)38-34(41)24-46-31-21-19-30(20-22-31)39-36(43)33(40-35(42)26-10-4-3-5-11-26)23-28-13-8-12-25-9-6-7-14-32(25)28/h3-23H,2,24H2,1H3,(H,38,41)(H,39,43)(H,40,42)/b33-23-. The van der Waals surface area contributed by atoms with Crippen LogP contribution in [0.4, 0.5) is 11.4 Å². The van der Waals surface area contributed by atoms with E-state index in [-0.39, 0.29) is 17.4 Å². The predicted octanol–water partition coefficient (Wildman–Crippen LogP) is 7.16. The van der Waals surface area contributed by atoms with Crippen LogP contribution in [-0.4, -0.2) is 36.1 Å². The van der Waals surface area contributed by atoms with Crippen molar-refractivity contribution in [1.29, 1.82) is 0 Å². The number of carbonyl (C=O) groups excluding carboxylic acids is 4. The molecule has 0 aliphatic heterocycles. The number of nitrogens with one attached hydrogen (secondary N) is 3. The molecule has 0 fully saturated rings. The van der Waals surface area contributed by atoms with Crippen molar-refractivity contribution >= 4 is 63.7 Å². The second-order valence-electron chi connectivity index (χ2n) is 10.1. The molecule has 46 heavy (non-hydrogen) atoms. The van der Waals surface area contributed by atoms with Crippen molar-refractivity contribution in [2.45, 2.75) is 11.8 Å². The molecule has 0 atom stereocenters. The lowest BCUT2D eigenvalue weighted by Crippen LogP contribution is -2.30. The summed E-state index contributed by atoms with van der Waals surface area (Å²) >= 11 is 1.34. The molecule has 8 nitrogen and oxygen atoms in total. The number of hydrogen-bond acceptors (Lipinski definition) is 6. The van der Waals surface area contributed by atoms with Gasteiger partial charge in [-0.2, -0.15) is 0 Å². The van der Waals surface area contributed by atoms with Gasteiger partial charge in [-0.1, -0.05) is 60.7 Å². The largest absolute Gasteiger partial charge is 0.462 e. The number of rotatable bonds is 11. The van der Waals surface area contributed by atoms with E-state index in [1.165, 1.54) is 11.8 Å². The first kappa shape index (κ1) is 31.7. The maximum atomic E-state index is 13.5. The van der Waals surface area contributed by atoms with Crippen LogP contribution >= 0.6 is 11.8 Å². The second kappa shape index (κ2) is 15.4. The van der Waals surface area contributed by atoms with Crippen molar-refractivity contribution in [1.82, 2.24) is 5.32 Å².